The number of benzene rings is 1. The zero-order chi connectivity index (χ0) is 19.1. The fourth-order valence-corrected chi connectivity index (χ4v) is 3.39. The fraction of sp³-hybridized carbons (Fsp3) is 0.526. The molecule has 0 spiro atoms. The Balaban J connectivity index is 1.67. The molecule has 0 atom stereocenters. The predicted molar refractivity (Wildman–Crippen MR) is 104 cm³/mol. The number of guanidine groups is 1. The molecular weight excluding hydrogens is 344 g/mol. The van der Waals surface area contributed by atoms with Gasteiger partial charge in [-0.05, 0) is 30.5 Å². The first-order valence-corrected chi connectivity index (χ1v) is 9.16. The van der Waals surface area contributed by atoms with E-state index in [0.717, 1.165) is 50.1 Å². The zero-order valence-corrected chi connectivity index (χ0v) is 16.2. The average molecular weight is 372 g/mol. The van der Waals surface area contributed by atoms with Gasteiger partial charge in [0.05, 0.1) is 13.7 Å². The minimum atomic E-state index is 0.00687. The summed E-state index contributed by atoms with van der Waals surface area (Å²) in [6.07, 6.45) is 3.48. The van der Waals surface area contributed by atoms with Gasteiger partial charge in [-0.15, -0.1) is 0 Å². The van der Waals surface area contributed by atoms with Crippen LogP contribution in [-0.4, -0.2) is 54.6 Å². The fourth-order valence-electron chi connectivity index (χ4n) is 3.39. The molecule has 3 rings (SSSR count). The molecule has 0 saturated carbocycles. The Kier molecular flexibility index (Phi) is 6.28. The third kappa shape index (κ3) is 4.57. The van der Waals surface area contributed by atoms with Gasteiger partial charge in [-0.2, -0.15) is 5.10 Å². The van der Waals surface area contributed by atoms with Gasteiger partial charge in [0.1, 0.15) is 17.9 Å². The monoisotopic (exact) mass is 372 g/mol. The smallest absolute Gasteiger partial charge is 0.191 e. The summed E-state index contributed by atoms with van der Waals surface area (Å²) in [6.45, 7) is 2.87. The third-order valence-corrected chi connectivity index (χ3v) is 5.19. The van der Waals surface area contributed by atoms with Crippen LogP contribution in [0.4, 0.5) is 0 Å². The van der Waals surface area contributed by atoms with Crippen LogP contribution >= 0.6 is 0 Å². The molecule has 1 aliphatic rings. The summed E-state index contributed by atoms with van der Waals surface area (Å²) in [4.78, 5) is 8.57. The van der Waals surface area contributed by atoms with Gasteiger partial charge in [-0.25, -0.2) is 4.98 Å². The molecule has 1 fully saturated rings. The van der Waals surface area contributed by atoms with Crippen molar-refractivity contribution < 1.29 is 9.47 Å². The van der Waals surface area contributed by atoms with Crippen molar-refractivity contribution in [3.63, 3.8) is 0 Å². The Bertz CT molecular complexity index is 750. The molecule has 2 aromatic rings. The van der Waals surface area contributed by atoms with E-state index in [2.05, 4.69) is 37.8 Å². The molecule has 27 heavy (non-hydrogen) atoms. The number of aromatic nitrogens is 3. The van der Waals surface area contributed by atoms with Gasteiger partial charge < -0.3 is 20.1 Å². The van der Waals surface area contributed by atoms with Crippen molar-refractivity contribution in [3.8, 4) is 5.75 Å². The highest BCUT2D eigenvalue weighted by atomic mass is 16.5. The van der Waals surface area contributed by atoms with Crippen LogP contribution in [0.3, 0.4) is 0 Å². The summed E-state index contributed by atoms with van der Waals surface area (Å²) >= 11 is 0. The molecule has 0 amide bonds. The second kappa shape index (κ2) is 8.85. The Labute approximate surface area is 160 Å². The van der Waals surface area contributed by atoms with Crippen LogP contribution in [0.5, 0.6) is 5.75 Å². The Morgan fingerprint density at radius 1 is 1.26 bits per heavy atom. The number of nitrogens with one attached hydrogen (secondary N) is 2. The zero-order valence-electron chi connectivity index (χ0n) is 16.2. The molecule has 2 N–H and O–H groups in total. The van der Waals surface area contributed by atoms with Gasteiger partial charge in [0.15, 0.2) is 5.96 Å². The van der Waals surface area contributed by atoms with Crippen LogP contribution in [-0.2, 0) is 23.7 Å². The Morgan fingerprint density at radius 3 is 2.59 bits per heavy atom. The second-order valence-corrected chi connectivity index (χ2v) is 6.70. The maximum atomic E-state index is 5.62. The van der Waals surface area contributed by atoms with Crippen LogP contribution in [0.2, 0.25) is 0 Å². The van der Waals surface area contributed by atoms with E-state index in [1.165, 1.54) is 5.56 Å². The maximum absolute atomic E-state index is 5.62. The summed E-state index contributed by atoms with van der Waals surface area (Å²) < 4.78 is 12.7. The summed E-state index contributed by atoms with van der Waals surface area (Å²) in [5.41, 5.74) is 1.30. The molecule has 8 nitrogen and oxygen atoms in total. The summed E-state index contributed by atoms with van der Waals surface area (Å²) in [7, 11) is 5.34. The van der Waals surface area contributed by atoms with Gasteiger partial charge in [0.2, 0.25) is 0 Å². The second-order valence-electron chi connectivity index (χ2n) is 6.70. The van der Waals surface area contributed by atoms with Crippen molar-refractivity contribution >= 4 is 5.96 Å². The van der Waals surface area contributed by atoms with E-state index in [4.69, 9.17) is 9.47 Å². The van der Waals surface area contributed by atoms with Crippen LogP contribution in [0.25, 0.3) is 0 Å². The van der Waals surface area contributed by atoms with Crippen LogP contribution < -0.4 is 15.4 Å². The lowest BCUT2D eigenvalue weighted by molar-refractivity contribution is 0.0513. The average Bonchev–Trinajstić information content (AvgIpc) is 3.13. The molecule has 0 radical (unpaired) electrons. The molecule has 1 saturated heterocycles. The highest BCUT2D eigenvalue weighted by Gasteiger charge is 2.34. The minimum absolute atomic E-state index is 0.00687. The van der Waals surface area contributed by atoms with E-state index in [1.54, 1.807) is 25.2 Å². The largest absolute Gasteiger partial charge is 0.497 e. The SMILES string of the molecule is CN=C(NCc1ncnn1C)NCC1(c2ccc(OC)cc2)CCOCC1. The third-order valence-electron chi connectivity index (χ3n) is 5.19. The number of hydrogen-bond donors (Lipinski definition) is 2. The topological polar surface area (TPSA) is 85.6 Å². The van der Waals surface area contributed by atoms with E-state index in [0.29, 0.717) is 6.54 Å². The molecular formula is C19H28N6O2. The Morgan fingerprint density at radius 2 is 2.00 bits per heavy atom. The molecule has 0 unspecified atom stereocenters. The Hall–Kier alpha value is -2.61. The van der Waals surface area contributed by atoms with Crippen molar-refractivity contribution in [1.82, 2.24) is 25.4 Å². The van der Waals surface area contributed by atoms with E-state index in [1.807, 2.05) is 19.2 Å². The highest BCUT2D eigenvalue weighted by Crippen LogP contribution is 2.35. The molecule has 1 aromatic carbocycles. The lowest BCUT2D eigenvalue weighted by atomic mass is 9.74. The first-order chi connectivity index (χ1) is 13.2. The number of ether oxygens (including phenoxy) is 2. The van der Waals surface area contributed by atoms with E-state index in [-0.39, 0.29) is 5.41 Å². The lowest BCUT2D eigenvalue weighted by Crippen LogP contribution is -2.48. The van der Waals surface area contributed by atoms with Crippen molar-refractivity contribution in [2.75, 3.05) is 33.9 Å². The molecule has 0 bridgehead atoms. The van der Waals surface area contributed by atoms with Crippen LogP contribution in [0.15, 0.2) is 35.6 Å². The number of hydrogen-bond acceptors (Lipinski definition) is 5. The molecule has 1 aliphatic heterocycles. The summed E-state index contributed by atoms with van der Waals surface area (Å²) in [6, 6.07) is 8.35. The predicted octanol–water partition coefficient (Wildman–Crippen LogP) is 1.24. The van der Waals surface area contributed by atoms with Crippen molar-refractivity contribution in [1.29, 1.82) is 0 Å². The van der Waals surface area contributed by atoms with Crippen molar-refractivity contribution in [3.05, 3.63) is 42.0 Å². The molecule has 2 heterocycles. The van der Waals surface area contributed by atoms with Crippen LogP contribution in [0.1, 0.15) is 24.2 Å². The number of aliphatic imine (C=N–C) groups is 1. The van der Waals surface area contributed by atoms with E-state index in [9.17, 15) is 0 Å². The van der Waals surface area contributed by atoms with Crippen molar-refractivity contribution in [2.45, 2.75) is 24.8 Å². The lowest BCUT2D eigenvalue weighted by Gasteiger charge is -2.38. The van der Waals surface area contributed by atoms with E-state index < -0.39 is 0 Å². The van der Waals surface area contributed by atoms with Gasteiger partial charge in [0, 0.05) is 39.3 Å². The number of aryl methyl sites for hydroxylation is 1. The van der Waals surface area contributed by atoms with Gasteiger partial charge in [-0.3, -0.25) is 9.67 Å². The normalized spacial score (nSPS) is 16.8. The minimum Gasteiger partial charge on any atom is -0.497 e. The number of rotatable bonds is 6. The first-order valence-electron chi connectivity index (χ1n) is 9.16. The van der Waals surface area contributed by atoms with Crippen LogP contribution in [0, 0.1) is 0 Å². The molecule has 0 aliphatic carbocycles. The van der Waals surface area contributed by atoms with Gasteiger partial charge in [0.25, 0.3) is 0 Å². The highest BCUT2D eigenvalue weighted by molar-refractivity contribution is 5.79. The number of methoxy groups -OCH3 is 1. The summed E-state index contributed by atoms with van der Waals surface area (Å²) in [5.74, 6) is 2.47. The summed E-state index contributed by atoms with van der Waals surface area (Å²) in [5, 5.41) is 10.9. The molecule has 1 aromatic heterocycles. The van der Waals surface area contributed by atoms with Gasteiger partial charge >= 0.3 is 0 Å². The number of nitrogens with zero attached hydrogens (tertiary/aromatic N) is 4. The standard InChI is InChI=1S/C19H28N6O2/c1-20-18(21-12-17-23-14-24-25(17)2)22-13-19(8-10-27-11-9-19)15-4-6-16(26-3)7-5-15/h4-7,14H,8-13H2,1-3H3,(H2,20,21,22). The van der Waals surface area contributed by atoms with E-state index >= 15 is 0 Å². The molecule has 8 heteroatoms. The quantitative estimate of drug-likeness (QED) is 0.586. The first kappa shape index (κ1) is 19.2. The molecule has 146 valence electrons. The van der Waals surface area contributed by atoms with Gasteiger partial charge in [-0.1, -0.05) is 12.1 Å². The maximum Gasteiger partial charge on any atom is 0.191 e. The van der Waals surface area contributed by atoms with Crippen molar-refractivity contribution in [2.24, 2.45) is 12.0 Å².